The van der Waals surface area contributed by atoms with Gasteiger partial charge in [-0.15, -0.1) is 0 Å². The van der Waals surface area contributed by atoms with Crippen molar-refractivity contribution in [3.05, 3.63) is 65.4 Å². The molecule has 0 spiro atoms. The van der Waals surface area contributed by atoms with Gasteiger partial charge in [0.05, 0.1) is 14.2 Å². The number of carbonyl (C=O) groups is 3. The van der Waals surface area contributed by atoms with E-state index < -0.39 is 24.0 Å². The maximum absolute atomic E-state index is 13.0. The molecule has 0 radical (unpaired) electrons. The molecule has 0 fully saturated rings. The predicted octanol–water partition coefficient (Wildman–Crippen LogP) is 3.13. The Bertz CT molecular complexity index is 1180. The number of methoxy groups -OCH3 is 2. The number of aromatic nitrogens is 1. The molecule has 2 atom stereocenters. The summed E-state index contributed by atoms with van der Waals surface area (Å²) in [4.78, 5) is 40.8. The van der Waals surface area contributed by atoms with Crippen molar-refractivity contribution in [1.29, 1.82) is 0 Å². The van der Waals surface area contributed by atoms with Gasteiger partial charge >= 0.3 is 5.97 Å². The molecule has 1 heterocycles. The Morgan fingerprint density at radius 2 is 1.66 bits per heavy atom. The average molecular weight is 480 g/mol. The van der Waals surface area contributed by atoms with Gasteiger partial charge in [-0.3, -0.25) is 9.59 Å². The lowest BCUT2D eigenvalue weighted by molar-refractivity contribution is -0.145. The first-order valence-electron chi connectivity index (χ1n) is 11.6. The summed E-state index contributed by atoms with van der Waals surface area (Å²) in [6.07, 6.45) is 0.842. The summed E-state index contributed by atoms with van der Waals surface area (Å²) in [6.45, 7) is 5.03. The van der Waals surface area contributed by atoms with Gasteiger partial charge in [0.25, 0.3) is 0 Å². The van der Waals surface area contributed by atoms with Crippen molar-refractivity contribution in [3.63, 3.8) is 0 Å². The summed E-state index contributed by atoms with van der Waals surface area (Å²) in [5, 5.41) is 6.44. The summed E-state index contributed by atoms with van der Waals surface area (Å²) < 4.78 is 10.3. The van der Waals surface area contributed by atoms with Crippen LogP contribution in [0.15, 0.2) is 48.5 Å². The predicted molar refractivity (Wildman–Crippen MR) is 134 cm³/mol. The maximum Gasteiger partial charge on any atom is 0.328 e. The highest BCUT2D eigenvalue weighted by atomic mass is 16.5. The van der Waals surface area contributed by atoms with Crippen molar-refractivity contribution < 1.29 is 23.9 Å². The van der Waals surface area contributed by atoms with Gasteiger partial charge in [-0.05, 0) is 35.2 Å². The molecule has 0 bridgehead atoms. The third kappa shape index (κ3) is 6.41. The summed E-state index contributed by atoms with van der Waals surface area (Å²) >= 11 is 0. The molecule has 0 saturated carbocycles. The van der Waals surface area contributed by atoms with Crippen molar-refractivity contribution in [3.8, 4) is 5.75 Å². The number of aromatic amines is 1. The Kier molecular flexibility index (Phi) is 8.52. The van der Waals surface area contributed by atoms with E-state index in [1.165, 1.54) is 14.0 Å². The van der Waals surface area contributed by atoms with E-state index in [4.69, 9.17) is 9.47 Å². The Morgan fingerprint density at radius 3 is 2.26 bits per heavy atom. The zero-order chi connectivity index (χ0) is 25.5. The second-order valence-electron chi connectivity index (χ2n) is 8.86. The minimum absolute atomic E-state index is 0.157. The number of fused-ring (bicyclic) bond motifs is 1. The molecule has 2 amide bonds. The molecular formula is C27H33N3O5. The van der Waals surface area contributed by atoms with Gasteiger partial charge in [0.2, 0.25) is 11.8 Å². The second kappa shape index (κ2) is 11.6. The van der Waals surface area contributed by atoms with Crippen molar-refractivity contribution in [2.45, 2.75) is 45.7 Å². The molecule has 2 aromatic carbocycles. The topological polar surface area (TPSA) is 110 Å². The lowest BCUT2D eigenvalue weighted by Crippen LogP contribution is -2.54. The number of hydrogen-bond donors (Lipinski definition) is 3. The summed E-state index contributed by atoms with van der Waals surface area (Å²) in [7, 11) is 2.92. The molecule has 0 aliphatic heterocycles. The SMILES string of the molecule is COC(=O)[C@H](Cc1c(Cc2ccc(OC)cc2)[nH]c2ccccc12)NC(=O)[C@@H](NC(C)=O)C(C)C. The standard InChI is InChI=1S/C27H33N3O5/c1-16(2)25(28-17(3)31)26(32)30-24(27(33)35-5)15-21-20-8-6-7-9-22(20)29-23(21)14-18-10-12-19(34-4)13-11-18/h6-13,16,24-25,29H,14-15H2,1-5H3,(H,28,31)(H,30,32)/t24-,25-/m0/s1. The van der Waals surface area contributed by atoms with Crippen LogP contribution in [0, 0.1) is 5.92 Å². The number of carbonyl (C=O) groups excluding carboxylic acids is 3. The fraction of sp³-hybridized carbons (Fsp3) is 0.370. The van der Waals surface area contributed by atoms with Crippen molar-refractivity contribution in [2.75, 3.05) is 14.2 Å². The van der Waals surface area contributed by atoms with Crippen molar-refractivity contribution in [1.82, 2.24) is 15.6 Å². The number of ether oxygens (including phenoxy) is 2. The van der Waals surface area contributed by atoms with E-state index in [1.807, 2.05) is 62.4 Å². The molecular weight excluding hydrogens is 446 g/mol. The molecule has 0 saturated heterocycles. The van der Waals surface area contributed by atoms with Crippen LogP contribution in [0.1, 0.15) is 37.6 Å². The molecule has 3 N–H and O–H groups in total. The third-order valence-electron chi connectivity index (χ3n) is 5.96. The zero-order valence-corrected chi connectivity index (χ0v) is 20.8. The van der Waals surface area contributed by atoms with Gasteiger partial charge < -0.3 is 25.1 Å². The molecule has 0 aliphatic rings. The molecule has 35 heavy (non-hydrogen) atoms. The van der Waals surface area contributed by atoms with Gasteiger partial charge in [-0.2, -0.15) is 0 Å². The Morgan fingerprint density at radius 1 is 0.971 bits per heavy atom. The number of hydrogen-bond acceptors (Lipinski definition) is 5. The second-order valence-corrected chi connectivity index (χ2v) is 8.86. The van der Waals surface area contributed by atoms with Crippen LogP contribution in [-0.2, 0) is 32.0 Å². The van der Waals surface area contributed by atoms with Crippen LogP contribution in [0.5, 0.6) is 5.75 Å². The van der Waals surface area contributed by atoms with Crippen molar-refractivity contribution >= 4 is 28.7 Å². The normalized spacial score (nSPS) is 12.7. The lowest BCUT2D eigenvalue weighted by atomic mass is 9.97. The monoisotopic (exact) mass is 479 g/mol. The first-order chi connectivity index (χ1) is 16.7. The van der Waals surface area contributed by atoms with E-state index in [-0.39, 0.29) is 18.2 Å². The van der Waals surface area contributed by atoms with Gasteiger partial charge in [0.15, 0.2) is 0 Å². The van der Waals surface area contributed by atoms with Crippen LogP contribution in [0.4, 0.5) is 0 Å². The van der Waals surface area contributed by atoms with E-state index in [1.54, 1.807) is 7.11 Å². The fourth-order valence-corrected chi connectivity index (χ4v) is 4.14. The molecule has 3 aromatic rings. The van der Waals surface area contributed by atoms with Crippen LogP contribution >= 0.6 is 0 Å². The van der Waals surface area contributed by atoms with E-state index in [0.717, 1.165) is 33.5 Å². The Labute approximate surface area is 205 Å². The number of benzene rings is 2. The van der Waals surface area contributed by atoms with Gasteiger partial charge in [0, 0.05) is 36.4 Å². The van der Waals surface area contributed by atoms with E-state index >= 15 is 0 Å². The number of para-hydroxylation sites is 1. The largest absolute Gasteiger partial charge is 0.497 e. The Balaban J connectivity index is 1.93. The highest BCUT2D eigenvalue weighted by Crippen LogP contribution is 2.27. The number of H-pyrrole nitrogens is 1. The fourth-order valence-electron chi connectivity index (χ4n) is 4.14. The summed E-state index contributed by atoms with van der Waals surface area (Å²) in [5.41, 5.74) is 3.89. The highest BCUT2D eigenvalue weighted by Gasteiger charge is 2.30. The first-order valence-corrected chi connectivity index (χ1v) is 11.6. The Hall–Kier alpha value is -3.81. The highest BCUT2D eigenvalue weighted by molar-refractivity contribution is 5.91. The molecule has 8 heteroatoms. The van der Waals surface area contributed by atoms with Crippen LogP contribution in [0.3, 0.4) is 0 Å². The van der Waals surface area contributed by atoms with Crippen LogP contribution in [-0.4, -0.2) is 49.1 Å². The molecule has 0 aliphatic carbocycles. The van der Waals surface area contributed by atoms with E-state index in [2.05, 4.69) is 15.6 Å². The minimum atomic E-state index is -0.920. The molecule has 186 valence electrons. The third-order valence-corrected chi connectivity index (χ3v) is 5.96. The van der Waals surface area contributed by atoms with Gasteiger partial charge in [-0.25, -0.2) is 4.79 Å². The smallest absolute Gasteiger partial charge is 0.328 e. The molecule has 3 rings (SSSR count). The number of nitrogens with one attached hydrogen (secondary N) is 3. The number of rotatable bonds is 10. The molecule has 8 nitrogen and oxygen atoms in total. The number of esters is 1. The number of amides is 2. The molecule has 0 unspecified atom stereocenters. The zero-order valence-electron chi connectivity index (χ0n) is 20.8. The lowest BCUT2D eigenvalue weighted by Gasteiger charge is -2.24. The van der Waals surface area contributed by atoms with Crippen LogP contribution in [0.2, 0.25) is 0 Å². The van der Waals surface area contributed by atoms with Crippen LogP contribution < -0.4 is 15.4 Å². The quantitative estimate of drug-likeness (QED) is 0.387. The van der Waals surface area contributed by atoms with E-state index in [0.29, 0.717) is 6.42 Å². The van der Waals surface area contributed by atoms with Crippen molar-refractivity contribution in [2.24, 2.45) is 5.92 Å². The summed E-state index contributed by atoms with van der Waals surface area (Å²) in [6, 6.07) is 14.0. The van der Waals surface area contributed by atoms with Crippen LogP contribution in [0.25, 0.3) is 10.9 Å². The maximum atomic E-state index is 13.0. The van der Waals surface area contributed by atoms with Gasteiger partial charge in [-0.1, -0.05) is 44.2 Å². The molecule has 1 aromatic heterocycles. The minimum Gasteiger partial charge on any atom is -0.497 e. The first kappa shape index (κ1) is 25.8. The average Bonchev–Trinajstić information content (AvgIpc) is 3.18. The van der Waals surface area contributed by atoms with E-state index in [9.17, 15) is 14.4 Å². The van der Waals surface area contributed by atoms with Gasteiger partial charge in [0.1, 0.15) is 17.8 Å². The summed E-state index contributed by atoms with van der Waals surface area (Å²) in [5.74, 6) is -0.674.